The molecule has 2 rings (SSSR count). The molecular weight excluding hydrogens is 386 g/mol. The van der Waals surface area contributed by atoms with Gasteiger partial charge in [0.2, 0.25) is 5.91 Å². The number of carbonyl (C=O) groups excluding carboxylic acids is 2. The number of ether oxygens (including phenoxy) is 3. The third-order valence-electron chi connectivity index (χ3n) is 4.63. The standard InChI is InChI=1S/C22H31N3O5/c1-5-30-22(27)21(23-19(26)11-12-29-14-13-28-4)20-16(2)24-25(17(20)3)15-18-9-7-6-8-10-18/h6-10,21H,5,11-15H2,1-4H3,(H,23,26)/t21-/m0/s1. The maximum atomic E-state index is 12.6. The molecule has 1 atom stereocenters. The lowest BCUT2D eigenvalue weighted by molar-refractivity contribution is -0.147. The van der Waals surface area contributed by atoms with Crippen LogP contribution in [0.15, 0.2) is 30.3 Å². The summed E-state index contributed by atoms with van der Waals surface area (Å²) in [6.45, 7) is 7.38. The summed E-state index contributed by atoms with van der Waals surface area (Å²) in [4.78, 5) is 25.1. The van der Waals surface area contributed by atoms with Crippen LogP contribution in [-0.2, 0) is 30.3 Å². The van der Waals surface area contributed by atoms with Crippen LogP contribution in [0.1, 0.15) is 41.9 Å². The van der Waals surface area contributed by atoms with Crippen LogP contribution in [0.5, 0.6) is 0 Å². The summed E-state index contributed by atoms with van der Waals surface area (Å²) in [7, 11) is 1.59. The Kier molecular flexibility index (Phi) is 9.50. The Bertz CT molecular complexity index is 820. The van der Waals surface area contributed by atoms with Crippen LogP contribution in [0.3, 0.4) is 0 Å². The van der Waals surface area contributed by atoms with Gasteiger partial charge in [0.25, 0.3) is 0 Å². The lowest BCUT2D eigenvalue weighted by Crippen LogP contribution is -2.36. The molecule has 0 radical (unpaired) electrons. The molecule has 0 fully saturated rings. The minimum atomic E-state index is -0.916. The molecule has 1 aromatic heterocycles. The second-order valence-electron chi connectivity index (χ2n) is 6.84. The summed E-state index contributed by atoms with van der Waals surface area (Å²) >= 11 is 0. The molecule has 0 aliphatic rings. The molecule has 1 aromatic carbocycles. The van der Waals surface area contributed by atoms with Gasteiger partial charge in [-0.2, -0.15) is 5.10 Å². The molecule has 1 heterocycles. The average Bonchev–Trinajstić information content (AvgIpc) is 3.00. The predicted octanol–water partition coefficient (Wildman–Crippen LogP) is 2.32. The van der Waals surface area contributed by atoms with Crippen molar-refractivity contribution in [2.45, 2.75) is 39.8 Å². The van der Waals surface area contributed by atoms with Crippen molar-refractivity contribution in [3.63, 3.8) is 0 Å². The molecule has 164 valence electrons. The number of nitrogens with one attached hydrogen (secondary N) is 1. The first-order valence-electron chi connectivity index (χ1n) is 10.1. The number of aryl methyl sites for hydroxylation is 1. The van der Waals surface area contributed by atoms with E-state index in [1.165, 1.54) is 0 Å². The van der Waals surface area contributed by atoms with Gasteiger partial charge in [-0.3, -0.25) is 9.48 Å². The zero-order valence-corrected chi connectivity index (χ0v) is 18.1. The molecule has 30 heavy (non-hydrogen) atoms. The van der Waals surface area contributed by atoms with Gasteiger partial charge in [0, 0.05) is 24.8 Å². The SMILES string of the molecule is CCOC(=O)[C@@H](NC(=O)CCOCCOC)c1c(C)nn(Cc2ccccc2)c1C. The molecule has 0 bridgehead atoms. The van der Waals surface area contributed by atoms with Crippen molar-refractivity contribution >= 4 is 11.9 Å². The minimum absolute atomic E-state index is 0.135. The molecule has 0 saturated carbocycles. The highest BCUT2D eigenvalue weighted by Crippen LogP contribution is 2.24. The van der Waals surface area contributed by atoms with Gasteiger partial charge in [-0.25, -0.2) is 4.79 Å². The quantitative estimate of drug-likeness (QED) is 0.421. The van der Waals surface area contributed by atoms with Crippen LogP contribution in [0.2, 0.25) is 0 Å². The molecule has 1 amide bonds. The first-order valence-corrected chi connectivity index (χ1v) is 10.1. The fourth-order valence-corrected chi connectivity index (χ4v) is 3.16. The van der Waals surface area contributed by atoms with Crippen LogP contribution >= 0.6 is 0 Å². The zero-order valence-electron chi connectivity index (χ0n) is 18.1. The number of aromatic nitrogens is 2. The number of hydrogen-bond donors (Lipinski definition) is 1. The Morgan fingerprint density at radius 3 is 2.53 bits per heavy atom. The van der Waals surface area contributed by atoms with Crippen molar-refractivity contribution in [2.24, 2.45) is 0 Å². The summed E-state index contributed by atoms with van der Waals surface area (Å²) < 4.78 is 17.3. The van der Waals surface area contributed by atoms with E-state index in [4.69, 9.17) is 14.2 Å². The summed E-state index contributed by atoms with van der Waals surface area (Å²) in [5.74, 6) is -0.795. The fourth-order valence-electron chi connectivity index (χ4n) is 3.16. The molecule has 0 unspecified atom stereocenters. The number of methoxy groups -OCH3 is 1. The van der Waals surface area contributed by atoms with Gasteiger partial charge in [0.05, 0.1) is 38.7 Å². The van der Waals surface area contributed by atoms with Crippen molar-refractivity contribution in [1.82, 2.24) is 15.1 Å². The maximum Gasteiger partial charge on any atom is 0.333 e. The molecule has 0 aliphatic carbocycles. The molecule has 1 N–H and O–H groups in total. The van der Waals surface area contributed by atoms with Crippen molar-refractivity contribution in [2.75, 3.05) is 33.5 Å². The van der Waals surface area contributed by atoms with Gasteiger partial charge < -0.3 is 19.5 Å². The smallest absolute Gasteiger partial charge is 0.333 e. The van der Waals surface area contributed by atoms with Gasteiger partial charge in [-0.05, 0) is 26.3 Å². The van der Waals surface area contributed by atoms with E-state index in [-0.39, 0.29) is 25.5 Å². The second kappa shape index (κ2) is 12.1. The maximum absolute atomic E-state index is 12.6. The van der Waals surface area contributed by atoms with E-state index in [0.717, 1.165) is 11.3 Å². The van der Waals surface area contributed by atoms with E-state index in [2.05, 4.69) is 10.4 Å². The number of rotatable bonds is 12. The number of esters is 1. The van der Waals surface area contributed by atoms with Crippen LogP contribution < -0.4 is 5.32 Å². The summed E-state index contributed by atoms with van der Waals surface area (Å²) in [6, 6.07) is 9.02. The Labute approximate surface area is 177 Å². The molecule has 0 aliphatic heterocycles. The minimum Gasteiger partial charge on any atom is -0.464 e. The topological polar surface area (TPSA) is 91.7 Å². The Hall–Kier alpha value is -2.71. The second-order valence-corrected chi connectivity index (χ2v) is 6.84. The summed E-state index contributed by atoms with van der Waals surface area (Å²) in [5.41, 5.74) is 3.25. The highest BCUT2D eigenvalue weighted by Gasteiger charge is 2.30. The van der Waals surface area contributed by atoms with Gasteiger partial charge in [0.1, 0.15) is 0 Å². The van der Waals surface area contributed by atoms with Crippen molar-refractivity contribution in [3.8, 4) is 0 Å². The van der Waals surface area contributed by atoms with Crippen LogP contribution in [0.25, 0.3) is 0 Å². The van der Waals surface area contributed by atoms with E-state index in [0.29, 0.717) is 31.0 Å². The van der Waals surface area contributed by atoms with E-state index < -0.39 is 12.0 Å². The number of benzene rings is 1. The first-order chi connectivity index (χ1) is 14.5. The molecule has 8 heteroatoms. The summed E-state index contributed by atoms with van der Waals surface area (Å²) in [6.07, 6.45) is 0.135. The summed E-state index contributed by atoms with van der Waals surface area (Å²) in [5, 5.41) is 7.38. The molecule has 0 saturated heterocycles. The lowest BCUT2D eigenvalue weighted by Gasteiger charge is -2.18. The van der Waals surface area contributed by atoms with Crippen molar-refractivity contribution in [3.05, 3.63) is 52.8 Å². The monoisotopic (exact) mass is 417 g/mol. The molecule has 8 nitrogen and oxygen atoms in total. The number of carbonyl (C=O) groups is 2. The Morgan fingerprint density at radius 1 is 1.13 bits per heavy atom. The average molecular weight is 418 g/mol. The largest absolute Gasteiger partial charge is 0.464 e. The number of amides is 1. The number of hydrogen-bond acceptors (Lipinski definition) is 6. The predicted molar refractivity (Wildman–Crippen MR) is 112 cm³/mol. The highest BCUT2D eigenvalue weighted by atomic mass is 16.5. The van der Waals surface area contributed by atoms with Crippen LogP contribution in [0.4, 0.5) is 0 Å². The van der Waals surface area contributed by atoms with E-state index >= 15 is 0 Å². The van der Waals surface area contributed by atoms with Crippen molar-refractivity contribution in [1.29, 1.82) is 0 Å². The third kappa shape index (κ3) is 6.67. The molecule has 2 aromatic rings. The van der Waals surface area contributed by atoms with Crippen LogP contribution in [-0.4, -0.2) is 55.2 Å². The Balaban J connectivity index is 2.16. The normalized spacial score (nSPS) is 11.9. The Morgan fingerprint density at radius 2 is 1.87 bits per heavy atom. The number of nitrogens with zero attached hydrogens (tertiary/aromatic N) is 2. The van der Waals surface area contributed by atoms with Crippen molar-refractivity contribution < 1.29 is 23.8 Å². The van der Waals surface area contributed by atoms with E-state index in [9.17, 15) is 9.59 Å². The highest BCUT2D eigenvalue weighted by molar-refractivity contribution is 5.86. The lowest BCUT2D eigenvalue weighted by atomic mass is 10.0. The van der Waals surface area contributed by atoms with Gasteiger partial charge in [-0.1, -0.05) is 30.3 Å². The van der Waals surface area contributed by atoms with Gasteiger partial charge in [0.15, 0.2) is 6.04 Å². The van der Waals surface area contributed by atoms with E-state index in [1.54, 1.807) is 14.0 Å². The molecular formula is C22H31N3O5. The third-order valence-corrected chi connectivity index (χ3v) is 4.63. The van der Waals surface area contributed by atoms with E-state index in [1.807, 2.05) is 48.9 Å². The zero-order chi connectivity index (χ0) is 21.9. The van der Waals surface area contributed by atoms with Crippen LogP contribution in [0, 0.1) is 13.8 Å². The molecule has 0 spiro atoms. The van der Waals surface area contributed by atoms with Gasteiger partial charge in [-0.15, -0.1) is 0 Å². The first kappa shape index (κ1) is 23.6. The fraction of sp³-hybridized carbons (Fsp3) is 0.500. The van der Waals surface area contributed by atoms with Gasteiger partial charge >= 0.3 is 5.97 Å².